The van der Waals surface area contributed by atoms with Gasteiger partial charge in [-0.05, 0) is 31.7 Å². The van der Waals surface area contributed by atoms with Crippen molar-refractivity contribution in [1.29, 1.82) is 0 Å². The molecule has 0 aliphatic heterocycles. The molecule has 0 bridgehead atoms. The summed E-state index contributed by atoms with van der Waals surface area (Å²) in [6.07, 6.45) is 2.67. The SMILES string of the molecule is Cc1[nH]nc2c1CCCC2O. The van der Waals surface area contributed by atoms with Crippen LogP contribution >= 0.6 is 0 Å². The van der Waals surface area contributed by atoms with Crippen LogP contribution < -0.4 is 0 Å². The van der Waals surface area contributed by atoms with E-state index in [1.54, 1.807) is 0 Å². The molecule has 2 N–H and O–H groups in total. The van der Waals surface area contributed by atoms with Crippen molar-refractivity contribution in [3.8, 4) is 0 Å². The van der Waals surface area contributed by atoms with Crippen LogP contribution in [0.5, 0.6) is 0 Å². The highest BCUT2D eigenvalue weighted by molar-refractivity contribution is 5.28. The Bertz CT molecular complexity index is 267. The van der Waals surface area contributed by atoms with Crippen LogP contribution in [0.2, 0.25) is 0 Å². The molecule has 0 spiro atoms. The van der Waals surface area contributed by atoms with Crippen LogP contribution in [0.15, 0.2) is 0 Å². The summed E-state index contributed by atoms with van der Waals surface area (Å²) in [5.41, 5.74) is 3.20. The summed E-state index contributed by atoms with van der Waals surface area (Å²) < 4.78 is 0. The highest BCUT2D eigenvalue weighted by Gasteiger charge is 2.21. The van der Waals surface area contributed by atoms with E-state index in [9.17, 15) is 5.11 Å². The van der Waals surface area contributed by atoms with Gasteiger partial charge >= 0.3 is 0 Å². The second-order valence-corrected chi connectivity index (χ2v) is 3.12. The van der Waals surface area contributed by atoms with Gasteiger partial charge in [-0.3, -0.25) is 5.10 Å². The van der Waals surface area contributed by atoms with E-state index in [1.165, 1.54) is 5.56 Å². The number of aliphatic hydroxyl groups is 1. The molecule has 3 nitrogen and oxygen atoms in total. The number of aliphatic hydroxyl groups excluding tert-OH is 1. The van der Waals surface area contributed by atoms with E-state index in [0.29, 0.717) is 0 Å². The third-order valence-corrected chi connectivity index (χ3v) is 2.33. The molecular formula is C8H12N2O. The van der Waals surface area contributed by atoms with Gasteiger partial charge in [-0.15, -0.1) is 0 Å². The minimum atomic E-state index is -0.330. The average Bonchev–Trinajstić information content (AvgIpc) is 2.35. The molecule has 1 heterocycles. The lowest BCUT2D eigenvalue weighted by atomic mass is 9.94. The molecule has 1 aromatic rings. The van der Waals surface area contributed by atoms with Gasteiger partial charge in [-0.2, -0.15) is 5.10 Å². The van der Waals surface area contributed by atoms with Crippen LogP contribution in [-0.4, -0.2) is 15.3 Å². The molecule has 1 aliphatic rings. The van der Waals surface area contributed by atoms with Crippen molar-refractivity contribution in [2.75, 3.05) is 0 Å². The zero-order valence-corrected chi connectivity index (χ0v) is 6.59. The second-order valence-electron chi connectivity index (χ2n) is 3.12. The number of hydrogen-bond acceptors (Lipinski definition) is 2. The highest BCUT2D eigenvalue weighted by atomic mass is 16.3. The number of H-pyrrole nitrogens is 1. The summed E-state index contributed by atoms with van der Waals surface area (Å²) >= 11 is 0. The molecule has 1 unspecified atom stereocenters. The Morgan fingerprint density at radius 3 is 3.18 bits per heavy atom. The van der Waals surface area contributed by atoms with Crippen molar-refractivity contribution in [2.45, 2.75) is 32.3 Å². The number of hydrogen-bond donors (Lipinski definition) is 2. The van der Waals surface area contributed by atoms with Crippen LogP contribution in [0.3, 0.4) is 0 Å². The number of nitrogens with zero attached hydrogens (tertiary/aromatic N) is 1. The molecule has 0 radical (unpaired) electrons. The molecule has 0 fully saturated rings. The van der Waals surface area contributed by atoms with Gasteiger partial charge in [-0.25, -0.2) is 0 Å². The first-order valence-electron chi connectivity index (χ1n) is 4.01. The Hall–Kier alpha value is -0.830. The predicted molar refractivity (Wildman–Crippen MR) is 41.2 cm³/mol. The maximum atomic E-state index is 9.49. The van der Waals surface area contributed by atoms with E-state index in [4.69, 9.17) is 0 Å². The first-order chi connectivity index (χ1) is 5.29. The molecular weight excluding hydrogens is 140 g/mol. The van der Waals surface area contributed by atoms with E-state index in [2.05, 4.69) is 10.2 Å². The summed E-state index contributed by atoms with van der Waals surface area (Å²) in [6, 6.07) is 0. The lowest BCUT2D eigenvalue weighted by Gasteiger charge is -2.15. The third-order valence-electron chi connectivity index (χ3n) is 2.33. The lowest BCUT2D eigenvalue weighted by Crippen LogP contribution is -2.08. The Balaban J connectivity index is 2.46. The van der Waals surface area contributed by atoms with Gasteiger partial charge < -0.3 is 5.11 Å². The topological polar surface area (TPSA) is 48.9 Å². The molecule has 3 heteroatoms. The fraction of sp³-hybridized carbons (Fsp3) is 0.625. The number of aromatic nitrogens is 2. The Morgan fingerprint density at radius 1 is 1.64 bits per heavy atom. The molecule has 60 valence electrons. The van der Waals surface area contributed by atoms with Crippen molar-refractivity contribution in [3.63, 3.8) is 0 Å². The van der Waals surface area contributed by atoms with Gasteiger partial charge in [0.2, 0.25) is 0 Å². The highest BCUT2D eigenvalue weighted by Crippen LogP contribution is 2.28. The number of aromatic amines is 1. The molecule has 0 aromatic carbocycles. The molecule has 1 aromatic heterocycles. The van der Waals surface area contributed by atoms with Crippen molar-refractivity contribution in [2.24, 2.45) is 0 Å². The molecule has 0 saturated carbocycles. The van der Waals surface area contributed by atoms with Gasteiger partial charge in [0.15, 0.2) is 0 Å². The molecule has 0 amide bonds. The van der Waals surface area contributed by atoms with E-state index >= 15 is 0 Å². The number of aryl methyl sites for hydroxylation is 1. The van der Waals surface area contributed by atoms with E-state index in [1.807, 2.05) is 6.92 Å². The standard InChI is InChI=1S/C8H12N2O/c1-5-6-3-2-4-7(11)8(6)10-9-5/h7,11H,2-4H2,1H3,(H,9,10). The Kier molecular flexibility index (Phi) is 1.46. The van der Waals surface area contributed by atoms with Crippen molar-refractivity contribution in [3.05, 3.63) is 17.0 Å². The quantitative estimate of drug-likeness (QED) is 0.584. The Morgan fingerprint density at radius 2 is 2.45 bits per heavy atom. The molecule has 0 saturated heterocycles. The number of fused-ring (bicyclic) bond motifs is 1. The minimum Gasteiger partial charge on any atom is -0.387 e. The van der Waals surface area contributed by atoms with Crippen molar-refractivity contribution in [1.82, 2.24) is 10.2 Å². The lowest BCUT2D eigenvalue weighted by molar-refractivity contribution is 0.152. The zero-order valence-electron chi connectivity index (χ0n) is 6.59. The van der Waals surface area contributed by atoms with Crippen LogP contribution in [0.25, 0.3) is 0 Å². The van der Waals surface area contributed by atoms with Crippen LogP contribution in [-0.2, 0) is 6.42 Å². The molecule has 2 rings (SSSR count). The fourth-order valence-corrected chi connectivity index (χ4v) is 1.67. The molecule has 1 atom stereocenters. The van der Waals surface area contributed by atoms with Crippen molar-refractivity contribution >= 4 is 0 Å². The maximum Gasteiger partial charge on any atom is 0.0981 e. The van der Waals surface area contributed by atoms with Gasteiger partial charge in [0.25, 0.3) is 0 Å². The van der Waals surface area contributed by atoms with Crippen LogP contribution in [0.4, 0.5) is 0 Å². The van der Waals surface area contributed by atoms with Crippen LogP contribution in [0.1, 0.15) is 35.9 Å². The van der Waals surface area contributed by atoms with Gasteiger partial charge in [-0.1, -0.05) is 0 Å². The van der Waals surface area contributed by atoms with Gasteiger partial charge in [0.05, 0.1) is 11.8 Å². The van der Waals surface area contributed by atoms with Crippen LogP contribution in [0, 0.1) is 6.92 Å². The summed E-state index contributed by atoms with van der Waals surface area (Å²) in [5, 5.41) is 16.5. The monoisotopic (exact) mass is 152 g/mol. The summed E-state index contributed by atoms with van der Waals surface area (Å²) in [6.45, 7) is 2.00. The summed E-state index contributed by atoms with van der Waals surface area (Å²) in [7, 11) is 0. The summed E-state index contributed by atoms with van der Waals surface area (Å²) in [4.78, 5) is 0. The summed E-state index contributed by atoms with van der Waals surface area (Å²) in [5.74, 6) is 0. The number of rotatable bonds is 0. The predicted octanol–water partition coefficient (Wildman–Crippen LogP) is 1.09. The van der Waals surface area contributed by atoms with E-state index in [0.717, 1.165) is 30.7 Å². The zero-order chi connectivity index (χ0) is 7.84. The fourth-order valence-electron chi connectivity index (χ4n) is 1.67. The van der Waals surface area contributed by atoms with E-state index < -0.39 is 0 Å². The molecule has 1 aliphatic carbocycles. The second kappa shape index (κ2) is 2.34. The number of nitrogens with one attached hydrogen (secondary N) is 1. The van der Waals surface area contributed by atoms with Crippen molar-refractivity contribution < 1.29 is 5.11 Å². The van der Waals surface area contributed by atoms with Gasteiger partial charge in [0, 0.05) is 5.69 Å². The van der Waals surface area contributed by atoms with Gasteiger partial charge in [0.1, 0.15) is 0 Å². The Labute approximate surface area is 65.4 Å². The normalized spacial score (nSPS) is 23.3. The minimum absolute atomic E-state index is 0.330. The first-order valence-corrected chi connectivity index (χ1v) is 4.01. The van der Waals surface area contributed by atoms with E-state index in [-0.39, 0.29) is 6.10 Å². The third kappa shape index (κ3) is 0.959. The average molecular weight is 152 g/mol. The first kappa shape index (κ1) is 6.85. The maximum absolute atomic E-state index is 9.49. The largest absolute Gasteiger partial charge is 0.387 e. The smallest absolute Gasteiger partial charge is 0.0981 e. The molecule has 11 heavy (non-hydrogen) atoms.